The first-order valence-corrected chi connectivity index (χ1v) is 5.19. The number of carboxylic acids is 1. The third-order valence-corrected chi connectivity index (χ3v) is 2.59. The summed E-state index contributed by atoms with van der Waals surface area (Å²) in [5, 5.41) is 11.2. The number of nitrogens with one attached hydrogen (secondary N) is 1. The lowest BCUT2D eigenvalue weighted by Gasteiger charge is -2.23. The van der Waals surface area contributed by atoms with Crippen LogP contribution in [0.3, 0.4) is 0 Å². The average molecular weight is 248 g/mol. The molecule has 7 heteroatoms. The van der Waals surface area contributed by atoms with Crippen LogP contribution in [0.25, 0.3) is 0 Å². The van der Waals surface area contributed by atoms with E-state index >= 15 is 0 Å². The summed E-state index contributed by atoms with van der Waals surface area (Å²) in [6, 6.07) is -2.06. The van der Waals surface area contributed by atoms with Gasteiger partial charge in [0.1, 0.15) is 6.04 Å². The number of carbonyl (C=O) groups excluding carboxylic acids is 1. The van der Waals surface area contributed by atoms with E-state index in [2.05, 4.69) is 5.32 Å². The van der Waals surface area contributed by atoms with Gasteiger partial charge in [0.15, 0.2) is 6.04 Å². The molecule has 0 fully saturated rings. The maximum atomic E-state index is 11.6. The molecular weight excluding hydrogens is 228 g/mol. The third kappa shape index (κ3) is 4.68. The van der Waals surface area contributed by atoms with Gasteiger partial charge in [-0.1, -0.05) is 0 Å². The molecule has 0 aliphatic rings. The number of hydrogen-bond acceptors (Lipinski definition) is 5. The number of aliphatic carboxylic acids is 1. The molecule has 7 nitrogen and oxygen atoms in total. The largest absolute Gasteiger partial charge is 0.480 e. The SMILES string of the molecule is COC(C)C(N)C(=O)NC(C(=O)O)C(C)OC. The average Bonchev–Trinajstić information content (AvgIpc) is 2.32. The lowest BCUT2D eigenvalue weighted by molar-refractivity contribution is -0.146. The van der Waals surface area contributed by atoms with Crippen molar-refractivity contribution in [2.45, 2.75) is 38.1 Å². The molecule has 4 unspecified atom stereocenters. The van der Waals surface area contributed by atoms with Crippen LogP contribution < -0.4 is 11.1 Å². The number of carboxylic acid groups (broad SMARTS) is 1. The number of ether oxygens (including phenoxy) is 2. The number of nitrogens with two attached hydrogens (primary N) is 1. The summed E-state index contributed by atoms with van der Waals surface area (Å²) in [6.45, 7) is 3.17. The van der Waals surface area contributed by atoms with Gasteiger partial charge in [-0.3, -0.25) is 4.79 Å². The van der Waals surface area contributed by atoms with Gasteiger partial charge in [0.05, 0.1) is 12.2 Å². The fourth-order valence-electron chi connectivity index (χ4n) is 1.13. The van der Waals surface area contributed by atoms with Gasteiger partial charge in [-0.15, -0.1) is 0 Å². The molecule has 0 aromatic rings. The molecule has 0 aromatic heterocycles. The Bertz CT molecular complexity index is 271. The molecular formula is C10H20N2O5. The number of amides is 1. The predicted octanol–water partition coefficient (Wildman–Crippen LogP) is -1.05. The Balaban J connectivity index is 4.56. The quantitative estimate of drug-likeness (QED) is 0.530. The Morgan fingerprint density at radius 1 is 1.18 bits per heavy atom. The van der Waals surface area contributed by atoms with Crippen molar-refractivity contribution in [3.8, 4) is 0 Å². The molecule has 17 heavy (non-hydrogen) atoms. The van der Waals surface area contributed by atoms with Crippen LogP contribution in [0.1, 0.15) is 13.8 Å². The molecule has 0 bridgehead atoms. The van der Waals surface area contributed by atoms with Crippen LogP contribution in [0.15, 0.2) is 0 Å². The van der Waals surface area contributed by atoms with Crippen molar-refractivity contribution in [2.75, 3.05) is 14.2 Å². The van der Waals surface area contributed by atoms with E-state index in [0.717, 1.165) is 0 Å². The molecule has 4 N–H and O–H groups in total. The highest BCUT2D eigenvalue weighted by molar-refractivity contribution is 5.87. The van der Waals surface area contributed by atoms with Gasteiger partial charge in [0, 0.05) is 14.2 Å². The van der Waals surface area contributed by atoms with Gasteiger partial charge >= 0.3 is 5.97 Å². The minimum Gasteiger partial charge on any atom is -0.480 e. The summed E-state index contributed by atoms with van der Waals surface area (Å²) in [4.78, 5) is 22.6. The number of carbonyl (C=O) groups is 2. The van der Waals surface area contributed by atoms with E-state index in [0.29, 0.717) is 0 Å². The first-order valence-electron chi connectivity index (χ1n) is 5.19. The summed E-state index contributed by atoms with van der Waals surface area (Å²) < 4.78 is 9.77. The number of methoxy groups -OCH3 is 2. The first kappa shape index (κ1) is 15.8. The fourth-order valence-corrected chi connectivity index (χ4v) is 1.13. The maximum Gasteiger partial charge on any atom is 0.328 e. The number of hydrogen-bond donors (Lipinski definition) is 3. The molecule has 4 atom stereocenters. The van der Waals surface area contributed by atoms with E-state index in [-0.39, 0.29) is 0 Å². The molecule has 0 heterocycles. The van der Waals surface area contributed by atoms with Crippen molar-refractivity contribution < 1.29 is 24.2 Å². The van der Waals surface area contributed by atoms with Crippen molar-refractivity contribution >= 4 is 11.9 Å². The normalized spacial score (nSPS) is 17.9. The zero-order chi connectivity index (χ0) is 13.6. The van der Waals surface area contributed by atoms with E-state index < -0.39 is 36.2 Å². The highest BCUT2D eigenvalue weighted by atomic mass is 16.5. The second-order valence-corrected chi connectivity index (χ2v) is 3.73. The van der Waals surface area contributed by atoms with Crippen molar-refractivity contribution in [1.82, 2.24) is 5.32 Å². The summed E-state index contributed by atoms with van der Waals surface area (Å²) in [5.41, 5.74) is 5.59. The molecule has 0 radical (unpaired) electrons. The van der Waals surface area contributed by atoms with Gasteiger partial charge in [0.25, 0.3) is 0 Å². The zero-order valence-corrected chi connectivity index (χ0v) is 10.5. The van der Waals surface area contributed by atoms with Gasteiger partial charge in [-0.05, 0) is 13.8 Å². The number of rotatable bonds is 7. The topological polar surface area (TPSA) is 111 Å². The lowest BCUT2D eigenvalue weighted by atomic mass is 10.1. The standard InChI is InChI=1S/C10H20N2O5/c1-5(16-3)7(11)9(13)12-8(10(14)15)6(2)17-4/h5-8H,11H2,1-4H3,(H,12,13)(H,14,15). The highest BCUT2D eigenvalue weighted by Gasteiger charge is 2.30. The second kappa shape index (κ2) is 7.21. The van der Waals surface area contributed by atoms with E-state index in [1.165, 1.54) is 14.2 Å². The third-order valence-electron chi connectivity index (χ3n) is 2.59. The Labute approximate surface area is 100 Å². The molecule has 0 rings (SSSR count). The Morgan fingerprint density at radius 3 is 2.00 bits per heavy atom. The smallest absolute Gasteiger partial charge is 0.328 e. The van der Waals surface area contributed by atoms with Gasteiger partial charge in [-0.25, -0.2) is 4.79 Å². The lowest BCUT2D eigenvalue weighted by Crippen LogP contribution is -2.55. The van der Waals surface area contributed by atoms with E-state index in [4.69, 9.17) is 20.3 Å². The second-order valence-electron chi connectivity index (χ2n) is 3.73. The zero-order valence-electron chi connectivity index (χ0n) is 10.5. The molecule has 0 spiro atoms. The highest BCUT2D eigenvalue weighted by Crippen LogP contribution is 2.01. The first-order chi connectivity index (χ1) is 7.84. The van der Waals surface area contributed by atoms with Gasteiger partial charge in [-0.2, -0.15) is 0 Å². The van der Waals surface area contributed by atoms with E-state index in [9.17, 15) is 9.59 Å². The van der Waals surface area contributed by atoms with Crippen LogP contribution in [0, 0.1) is 0 Å². The molecule has 0 aliphatic carbocycles. The van der Waals surface area contributed by atoms with Crippen LogP contribution in [-0.4, -0.2) is 55.5 Å². The monoisotopic (exact) mass is 248 g/mol. The molecule has 0 saturated heterocycles. The maximum absolute atomic E-state index is 11.6. The van der Waals surface area contributed by atoms with Crippen molar-refractivity contribution in [3.63, 3.8) is 0 Å². The molecule has 100 valence electrons. The van der Waals surface area contributed by atoms with Crippen molar-refractivity contribution in [2.24, 2.45) is 5.73 Å². The van der Waals surface area contributed by atoms with E-state index in [1.807, 2.05) is 0 Å². The Morgan fingerprint density at radius 2 is 1.65 bits per heavy atom. The van der Waals surface area contributed by atoms with Gasteiger partial charge in [0.2, 0.25) is 5.91 Å². The van der Waals surface area contributed by atoms with Crippen LogP contribution >= 0.6 is 0 Å². The van der Waals surface area contributed by atoms with E-state index in [1.54, 1.807) is 13.8 Å². The molecule has 1 amide bonds. The van der Waals surface area contributed by atoms with Crippen molar-refractivity contribution in [1.29, 1.82) is 0 Å². The Hall–Kier alpha value is -1.18. The van der Waals surface area contributed by atoms with Gasteiger partial charge < -0.3 is 25.6 Å². The minimum absolute atomic E-state index is 0.498. The summed E-state index contributed by atoms with van der Waals surface area (Å²) in [7, 11) is 2.79. The summed E-state index contributed by atoms with van der Waals surface area (Å²) in [5.74, 6) is -1.76. The summed E-state index contributed by atoms with van der Waals surface area (Å²) in [6.07, 6.45) is -1.15. The predicted molar refractivity (Wildman–Crippen MR) is 60.5 cm³/mol. The van der Waals surface area contributed by atoms with Crippen LogP contribution in [-0.2, 0) is 19.1 Å². The summed E-state index contributed by atoms with van der Waals surface area (Å²) >= 11 is 0. The van der Waals surface area contributed by atoms with Crippen LogP contribution in [0.4, 0.5) is 0 Å². The molecule has 0 saturated carbocycles. The van der Waals surface area contributed by atoms with Crippen molar-refractivity contribution in [3.05, 3.63) is 0 Å². The van der Waals surface area contributed by atoms with Crippen LogP contribution in [0.2, 0.25) is 0 Å². The van der Waals surface area contributed by atoms with Crippen LogP contribution in [0.5, 0.6) is 0 Å². The molecule has 0 aromatic carbocycles. The minimum atomic E-state index is -1.18. The molecule has 0 aliphatic heterocycles. The Kier molecular flexibility index (Phi) is 6.71. The fraction of sp³-hybridized carbons (Fsp3) is 0.800.